The summed E-state index contributed by atoms with van der Waals surface area (Å²) in [5, 5.41) is 1.00. The molecule has 3 nitrogen and oxygen atoms in total. The van der Waals surface area contributed by atoms with Crippen LogP contribution in [-0.4, -0.2) is 24.9 Å². The highest BCUT2D eigenvalue weighted by Gasteiger charge is 2.26. The minimum absolute atomic E-state index is 0.0201. The number of furan rings is 1. The molecule has 1 amide bonds. The van der Waals surface area contributed by atoms with Crippen LogP contribution in [0.5, 0.6) is 0 Å². The van der Waals surface area contributed by atoms with Crippen molar-refractivity contribution in [3.63, 3.8) is 0 Å². The number of carbonyl (C=O) groups is 1. The Morgan fingerprint density at radius 2 is 1.96 bits per heavy atom. The maximum atomic E-state index is 12.1. The molecule has 0 radical (unpaired) electrons. The van der Waals surface area contributed by atoms with E-state index in [1.807, 2.05) is 24.3 Å². The highest BCUT2D eigenvalue weighted by atomic mass is 16.3. The molecule has 0 fully saturated rings. The van der Waals surface area contributed by atoms with E-state index in [1.165, 1.54) is 30.4 Å². The third-order valence-electron chi connectivity index (χ3n) is 5.62. The third-order valence-corrected chi connectivity index (χ3v) is 5.62. The van der Waals surface area contributed by atoms with Gasteiger partial charge < -0.3 is 9.32 Å². The SMILES string of the molecule is CC1=C(/C=C/C(C)=C/c2cc3ccc(C(=O)N(C)C)cc3o2)C(C)(C)CCC1. The zero-order valence-electron chi connectivity index (χ0n) is 17.9. The molecular weight excluding hydrogens is 346 g/mol. The maximum Gasteiger partial charge on any atom is 0.253 e. The monoisotopic (exact) mass is 377 g/mol. The molecule has 28 heavy (non-hydrogen) atoms. The van der Waals surface area contributed by atoms with Gasteiger partial charge in [-0.2, -0.15) is 0 Å². The van der Waals surface area contributed by atoms with E-state index in [9.17, 15) is 4.79 Å². The van der Waals surface area contributed by atoms with Gasteiger partial charge in [0, 0.05) is 25.0 Å². The molecule has 0 spiro atoms. The third kappa shape index (κ3) is 4.30. The fraction of sp³-hybridized carbons (Fsp3) is 0.400. The highest BCUT2D eigenvalue weighted by Crippen LogP contribution is 2.40. The van der Waals surface area contributed by atoms with Crippen LogP contribution in [0.25, 0.3) is 17.0 Å². The largest absolute Gasteiger partial charge is 0.457 e. The van der Waals surface area contributed by atoms with E-state index < -0.39 is 0 Å². The van der Waals surface area contributed by atoms with E-state index >= 15 is 0 Å². The van der Waals surface area contributed by atoms with Crippen molar-refractivity contribution < 1.29 is 9.21 Å². The molecule has 2 aromatic rings. The summed E-state index contributed by atoms with van der Waals surface area (Å²) < 4.78 is 5.97. The lowest BCUT2D eigenvalue weighted by Gasteiger charge is -2.32. The van der Waals surface area contributed by atoms with Crippen molar-refractivity contribution in [2.45, 2.75) is 47.0 Å². The van der Waals surface area contributed by atoms with Crippen molar-refractivity contribution in [1.29, 1.82) is 0 Å². The van der Waals surface area contributed by atoms with Crippen molar-refractivity contribution >= 4 is 23.0 Å². The van der Waals surface area contributed by atoms with Gasteiger partial charge in [-0.3, -0.25) is 4.79 Å². The van der Waals surface area contributed by atoms with Crippen LogP contribution in [-0.2, 0) is 0 Å². The number of carbonyl (C=O) groups excluding carboxylic acids is 1. The summed E-state index contributed by atoms with van der Waals surface area (Å²) in [7, 11) is 3.51. The lowest BCUT2D eigenvalue weighted by molar-refractivity contribution is 0.0827. The smallest absolute Gasteiger partial charge is 0.253 e. The average molecular weight is 378 g/mol. The van der Waals surface area contributed by atoms with Crippen LogP contribution in [0.2, 0.25) is 0 Å². The van der Waals surface area contributed by atoms with E-state index in [2.05, 4.69) is 45.9 Å². The predicted molar refractivity (Wildman–Crippen MR) is 117 cm³/mol. The van der Waals surface area contributed by atoms with Gasteiger partial charge >= 0.3 is 0 Å². The molecular formula is C25H31NO2. The molecule has 1 aliphatic rings. The number of nitrogens with zero attached hydrogens (tertiary/aromatic N) is 1. The number of hydrogen-bond donors (Lipinski definition) is 0. The first kappa shape index (κ1) is 20.2. The Balaban J connectivity index is 1.84. The molecule has 1 aromatic carbocycles. The normalized spacial score (nSPS) is 17.6. The summed E-state index contributed by atoms with van der Waals surface area (Å²) >= 11 is 0. The van der Waals surface area contributed by atoms with Gasteiger partial charge in [-0.15, -0.1) is 0 Å². The summed E-state index contributed by atoms with van der Waals surface area (Å²) in [5.74, 6) is 0.786. The second kappa shape index (κ2) is 7.83. The number of benzene rings is 1. The predicted octanol–water partition coefficient (Wildman–Crippen LogP) is 6.62. The van der Waals surface area contributed by atoms with E-state index in [1.54, 1.807) is 19.0 Å². The number of hydrogen-bond acceptors (Lipinski definition) is 2. The lowest BCUT2D eigenvalue weighted by atomic mass is 9.72. The maximum absolute atomic E-state index is 12.1. The van der Waals surface area contributed by atoms with Crippen molar-refractivity contribution in [2.24, 2.45) is 5.41 Å². The lowest BCUT2D eigenvalue weighted by Crippen LogP contribution is -2.21. The van der Waals surface area contributed by atoms with E-state index in [-0.39, 0.29) is 11.3 Å². The zero-order valence-corrected chi connectivity index (χ0v) is 17.9. The van der Waals surface area contributed by atoms with Crippen molar-refractivity contribution in [3.05, 3.63) is 64.5 Å². The second-order valence-corrected chi connectivity index (χ2v) is 8.75. The van der Waals surface area contributed by atoms with Crippen LogP contribution < -0.4 is 0 Å². The van der Waals surface area contributed by atoms with Crippen LogP contribution in [0.1, 0.15) is 63.1 Å². The summed E-state index contributed by atoms with van der Waals surface area (Å²) in [4.78, 5) is 13.7. The molecule has 1 aliphatic carbocycles. The Labute approximate surface area is 168 Å². The first-order valence-corrected chi connectivity index (χ1v) is 9.99. The molecule has 1 heterocycles. The van der Waals surface area contributed by atoms with Crippen molar-refractivity contribution in [2.75, 3.05) is 14.1 Å². The van der Waals surface area contributed by atoms with Crippen LogP contribution in [0.15, 0.2) is 57.6 Å². The van der Waals surface area contributed by atoms with E-state index in [0.717, 1.165) is 22.3 Å². The summed E-state index contributed by atoms with van der Waals surface area (Å²) in [6, 6.07) is 7.63. The molecule has 0 atom stereocenters. The number of amides is 1. The van der Waals surface area contributed by atoms with Crippen LogP contribution in [0, 0.1) is 5.41 Å². The van der Waals surface area contributed by atoms with E-state index in [0.29, 0.717) is 5.56 Å². The Bertz CT molecular complexity index is 983. The van der Waals surface area contributed by atoms with Crippen LogP contribution >= 0.6 is 0 Å². The van der Waals surface area contributed by atoms with Gasteiger partial charge in [0.2, 0.25) is 0 Å². The topological polar surface area (TPSA) is 33.5 Å². The molecule has 0 saturated heterocycles. The van der Waals surface area contributed by atoms with Gasteiger partial charge in [0.25, 0.3) is 5.91 Å². The Morgan fingerprint density at radius 3 is 2.64 bits per heavy atom. The quantitative estimate of drug-likeness (QED) is 0.561. The molecule has 0 unspecified atom stereocenters. The van der Waals surface area contributed by atoms with Gasteiger partial charge in [-0.25, -0.2) is 0 Å². The highest BCUT2D eigenvalue weighted by molar-refractivity contribution is 5.97. The molecule has 0 aliphatic heterocycles. The molecule has 1 aromatic heterocycles. The van der Waals surface area contributed by atoms with Gasteiger partial charge in [-0.05, 0) is 73.9 Å². The number of allylic oxidation sites excluding steroid dienone is 5. The van der Waals surface area contributed by atoms with Crippen molar-refractivity contribution in [1.82, 2.24) is 4.90 Å². The molecule has 0 bridgehead atoms. The summed E-state index contributed by atoms with van der Waals surface area (Å²) in [6.07, 6.45) is 10.2. The zero-order chi connectivity index (χ0) is 20.5. The minimum Gasteiger partial charge on any atom is -0.457 e. The van der Waals surface area contributed by atoms with Crippen molar-refractivity contribution in [3.8, 4) is 0 Å². The summed E-state index contributed by atoms with van der Waals surface area (Å²) in [6.45, 7) is 9.02. The fourth-order valence-corrected chi connectivity index (χ4v) is 4.01. The van der Waals surface area contributed by atoms with Crippen LogP contribution in [0.3, 0.4) is 0 Å². The standard InChI is InChI=1S/C25H31NO2/c1-17(9-12-22-18(2)8-7-13-25(22,3)4)14-21-15-19-10-11-20(16-23(19)28-21)24(27)26(5)6/h9-12,14-16H,7-8,13H2,1-6H3/b12-9+,17-14+. The van der Waals surface area contributed by atoms with Crippen LogP contribution in [0.4, 0.5) is 0 Å². The van der Waals surface area contributed by atoms with Gasteiger partial charge in [0.1, 0.15) is 11.3 Å². The molecule has 0 N–H and O–H groups in total. The first-order valence-electron chi connectivity index (χ1n) is 9.99. The molecule has 3 rings (SSSR count). The Kier molecular flexibility index (Phi) is 5.64. The average Bonchev–Trinajstić information content (AvgIpc) is 3.01. The molecule has 148 valence electrons. The summed E-state index contributed by atoms with van der Waals surface area (Å²) in [5.41, 5.74) is 5.73. The van der Waals surface area contributed by atoms with E-state index in [4.69, 9.17) is 4.42 Å². The fourth-order valence-electron chi connectivity index (χ4n) is 4.01. The molecule has 0 saturated carbocycles. The van der Waals surface area contributed by atoms with Gasteiger partial charge in [0.15, 0.2) is 0 Å². The Morgan fingerprint density at radius 1 is 1.21 bits per heavy atom. The minimum atomic E-state index is -0.0201. The van der Waals surface area contributed by atoms with Gasteiger partial charge in [-0.1, -0.05) is 37.6 Å². The molecule has 3 heteroatoms. The number of fused-ring (bicyclic) bond motifs is 1. The number of rotatable bonds is 4. The Hall–Kier alpha value is -2.55. The second-order valence-electron chi connectivity index (χ2n) is 8.75. The van der Waals surface area contributed by atoms with Gasteiger partial charge in [0.05, 0.1) is 0 Å². The first-order chi connectivity index (χ1) is 13.2.